The van der Waals surface area contributed by atoms with Crippen molar-refractivity contribution in [3.05, 3.63) is 33.3 Å². The average Bonchev–Trinajstić information content (AvgIpc) is 2.98. The van der Waals surface area contributed by atoms with E-state index in [1.807, 2.05) is 4.90 Å². The largest absolute Gasteiger partial charge is 0.362 e. The minimum Gasteiger partial charge on any atom is -0.362 e. The van der Waals surface area contributed by atoms with Crippen LogP contribution in [0.4, 0.5) is 16.2 Å². The second-order valence-corrected chi connectivity index (χ2v) is 8.66. The maximum Gasteiger partial charge on any atom is 0.325 e. The van der Waals surface area contributed by atoms with Gasteiger partial charge in [0.25, 0.3) is 11.6 Å². The minimum atomic E-state index is -0.845. The van der Waals surface area contributed by atoms with Crippen LogP contribution in [0.5, 0.6) is 0 Å². The molecule has 10 nitrogen and oxygen atoms in total. The van der Waals surface area contributed by atoms with Crippen LogP contribution in [0.15, 0.2) is 18.2 Å². The van der Waals surface area contributed by atoms with Crippen molar-refractivity contribution >= 4 is 40.8 Å². The lowest BCUT2D eigenvalue weighted by molar-refractivity contribution is -0.384. The minimum absolute atomic E-state index is 0.0793. The predicted octanol–water partition coefficient (Wildman–Crippen LogP) is 2.15. The third-order valence-electron chi connectivity index (χ3n) is 6.35. The third-order valence-corrected chi connectivity index (χ3v) is 6.59. The molecule has 0 aromatic heterocycles. The molecule has 2 heterocycles. The summed E-state index contributed by atoms with van der Waals surface area (Å²) in [6.07, 6.45) is 4.03. The second-order valence-electron chi connectivity index (χ2n) is 8.22. The summed E-state index contributed by atoms with van der Waals surface area (Å²) in [6, 6.07) is 4.01. The highest BCUT2D eigenvalue weighted by Gasteiger charge is 2.51. The number of nitrogens with zero attached hydrogens (tertiary/aromatic N) is 4. The van der Waals surface area contributed by atoms with Crippen LogP contribution in [0, 0.1) is 10.1 Å². The van der Waals surface area contributed by atoms with Gasteiger partial charge in [0, 0.05) is 37.3 Å². The molecule has 1 aromatic carbocycles. The van der Waals surface area contributed by atoms with Gasteiger partial charge in [-0.05, 0) is 25.0 Å². The third kappa shape index (κ3) is 4.04. The summed E-state index contributed by atoms with van der Waals surface area (Å²) in [5.74, 6) is -0.609. The van der Waals surface area contributed by atoms with Gasteiger partial charge in [-0.15, -0.1) is 0 Å². The van der Waals surface area contributed by atoms with Crippen molar-refractivity contribution in [1.29, 1.82) is 0 Å². The monoisotopic (exact) mass is 449 g/mol. The van der Waals surface area contributed by atoms with Crippen molar-refractivity contribution in [3.8, 4) is 0 Å². The molecule has 3 aliphatic rings. The maximum absolute atomic E-state index is 12.9. The molecule has 2 saturated heterocycles. The van der Waals surface area contributed by atoms with Crippen LogP contribution < -0.4 is 10.2 Å². The Hall–Kier alpha value is -2.88. The molecule has 1 saturated carbocycles. The van der Waals surface area contributed by atoms with Gasteiger partial charge >= 0.3 is 6.03 Å². The van der Waals surface area contributed by atoms with Crippen LogP contribution >= 0.6 is 11.6 Å². The first kappa shape index (κ1) is 21.4. The Morgan fingerprint density at radius 2 is 1.81 bits per heavy atom. The average molecular weight is 450 g/mol. The van der Waals surface area contributed by atoms with Crippen LogP contribution in [0.2, 0.25) is 5.02 Å². The van der Waals surface area contributed by atoms with Crippen molar-refractivity contribution < 1.29 is 19.3 Å². The van der Waals surface area contributed by atoms with E-state index in [1.165, 1.54) is 6.07 Å². The van der Waals surface area contributed by atoms with Crippen molar-refractivity contribution in [3.63, 3.8) is 0 Å². The summed E-state index contributed by atoms with van der Waals surface area (Å²) in [5, 5.41) is 14.4. The zero-order valence-electron chi connectivity index (χ0n) is 17.0. The molecule has 4 amide bonds. The van der Waals surface area contributed by atoms with Crippen molar-refractivity contribution in [2.45, 2.75) is 37.6 Å². The lowest BCUT2D eigenvalue weighted by Gasteiger charge is -2.36. The fourth-order valence-electron chi connectivity index (χ4n) is 4.66. The van der Waals surface area contributed by atoms with Crippen molar-refractivity contribution in [1.82, 2.24) is 15.1 Å². The maximum atomic E-state index is 12.9. The number of nitrogens with one attached hydrogen (secondary N) is 1. The molecule has 0 atom stereocenters. The van der Waals surface area contributed by atoms with E-state index in [0.717, 1.165) is 24.2 Å². The van der Waals surface area contributed by atoms with Gasteiger partial charge in [0.2, 0.25) is 5.91 Å². The zero-order chi connectivity index (χ0) is 22.2. The van der Waals surface area contributed by atoms with Crippen LogP contribution in [-0.2, 0) is 9.59 Å². The normalized spacial score (nSPS) is 20.9. The number of nitro groups is 1. The molecule has 2 aliphatic heterocycles. The number of hydrogen-bond acceptors (Lipinski definition) is 6. The van der Waals surface area contributed by atoms with Gasteiger partial charge in [0.1, 0.15) is 17.8 Å². The number of carbonyl (C=O) groups excluding carboxylic acids is 3. The Balaban J connectivity index is 1.38. The fourth-order valence-corrected chi connectivity index (χ4v) is 4.82. The van der Waals surface area contributed by atoms with Crippen molar-refractivity contribution in [2.75, 3.05) is 37.6 Å². The highest BCUT2D eigenvalue weighted by atomic mass is 35.5. The Labute approximate surface area is 184 Å². The van der Waals surface area contributed by atoms with E-state index in [9.17, 15) is 24.5 Å². The van der Waals surface area contributed by atoms with Crippen molar-refractivity contribution in [2.24, 2.45) is 0 Å². The van der Waals surface area contributed by atoms with Crippen LogP contribution in [0.3, 0.4) is 0 Å². The van der Waals surface area contributed by atoms with Gasteiger partial charge in [-0.3, -0.25) is 24.6 Å². The quantitative estimate of drug-likeness (QED) is 0.427. The number of anilines is 1. The summed E-state index contributed by atoms with van der Waals surface area (Å²) < 4.78 is 0. The summed E-state index contributed by atoms with van der Waals surface area (Å²) in [4.78, 5) is 53.4. The Kier molecular flexibility index (Phi) is 5.74. The van der Waals surface area contributed by atoms with E-state index in [0.29, 0.717) is 44.7 Å². The number of rotatable bonds is 4. The lowest BCUT2D eigenvalue weighted by Crippen LogP contribution is -2.52. The Bertz CT molecular complexity index is 925. The summed E-state index contributed by atoms with van der Waals surface area (Å²) >= 11 is 5.88. The molecule has 3 fully saturated rings. The Morgan fingerprint density at radius 3 is 2.45 bits per heavy atom. The topological polar surface area (TPSA) is 116 Å². The number of benzene rings is 1. The summed E-state index contributed by atoms with van der Waals surface area (Å²) in [7, 11) is 0. The first-order valence-corrected chi connectivity index (χ1v) is 10.8. The molecule has 0 radical (unpaired) electrons. The first-order chi connectivity index (χ1) is 14.8. The molecule has 4 rings (SSSR count). The molecule has 166 valence electrons. The molecule has 1 N–H and O–H groups in total. The molecule has 0 unspecified atom stereocenters. The molecule has 31 heavy (non-hydrogen) atoms. The number of halogens is 1. The van der Waals surface area contributed by atoms with Gasteiger partial charge in [-0.2, -0.15) is 0 Å². The number of nitro benzene ring substituents is 1. The number of piperazine rings is 1. The first-order valence-electron chi connectivity index (χ1n) is 10.4. The summed E-state index contributed by atoms with van der Waals surface area (Å²) in [6.45, 7) is 1.20. The predicted molar refractivity (Wildman–Crippen MR) is 113 cm³/mol. The Morgan fingerprint density at radius 1 is 1.13 bits per heavy atom. The number of carbonyl (C=O) groups is 3. The smallest absolute Gasteiger partial charge is 0.325 e. The molecule has 1 aliphatic carbocycles. The lowest BCUT2D eigenvalue weighted by atomic mass is 9.82. The molecule has 11 heteroatoms. The second kappa shape index (κ2) is 8.33. The van der Waals surface area contributed by atoms with E-state index >= 15 is 0 Å². The number of urea groups is 1. The highest BCUT2D eigenvalue weighted by Crippen LogP contribution is 2.34. The zero-order valence-corrected chi connectivity index (χ0v) is 17.8. The molecule has 1 spiro atoms. The van der Waals surface area contributed by atoms with E-state index in [1.54, 1.807) is 17.0 Å². The number of hydrogen-bond donors (Lipinski definition) is 1. The molecular formula is C20H24ClN5O5. The van der Waals surface area contributed by atoms with Gasteiger partial charge in [-0.1, -0.05) is 30.9 Å². The molecular weight excluding hydrogens is 426 g/mol. The van der Waals surface area contributed by atoms with E-state index < -0.39 is 16.5 Å². The number of amides is 4. The molecule has 1 aromatic rings. The van der Waals surface area contributed by atoms with Crippen LogP contribution in [0.25, 0.3) is 0 Å². The van der Waals surface area contributed by atoms with Gasteiger partial charge in [0.05, 0.1) is 4.92 Å². The fraction of sp³-hybridized carbons (Fsp3) is 0.550. The van der Waals surface area contributed by atoms with Gasteiger partial charge in [-0.25, -0.2) is 4.79 Å². The summed E-state index contributed by atoms with van der Waals surface area (Å²) in [5.41, 5.74) is -0.471. The van der Waals surface area contributed by atoms with E-state index in [2.05, 4.69) is 5.32 Å². The van der Waals surface area contributed by atoms with Gasteiger partial charge < -0.3 is 15.1 Å². The van der Waals surface area contributed by atoms with Crippen LogP contribution in [-0.4, -0.2) is 70.8 Å². The highest BCUT2D eigenvalue weighted by molar-refractivity contribution is 6.30. The molecule has 0 bridgehead atoms. The van der Waals surface area contributed by atoms with Gasteiger partial charge in [0.15, 0.2) is 0 Å². The SMILES string of the molecule is O=C(CN1C(=O)NC2(CCCCC2)C1=O)N1CCN(c2ccc(Cl)cc2[N+](=O)[O-])CC1. The van der Waals surface area contributed by atoms with E-state index in [4.69, 9.17) is 11.6 Å². The standard InChI is InChI=1S/C20H24ClN5O5/c21-14-4-5-15(16(12-14)26(30)31)23-8-10-24(11-9-23)17(27)13-25-18(28)20(22-19(25)29)6-2-1-3-7-20/h4-5,12H,1-3,6-11,13H2,(H,22,29). The van der Waals surface area contributed by atoms with E-state index in [-0.39, 0.29) is 29.1 Å². The number of imide groups is 1. The van der Waals surface area contributed by atoms with Crippen LogP contribution in [0.1, 0.15) is 32.1 Å².